The Morgan fingerprint density at radius 3 is 2.29 bits per heavy atom. The smallest absolute Gasteiger partial charge is 0.337 e. The summed E-state index contributed by atoms with van der Waals surface area (Å²) in [4.78, 5) is 50.4. The number of carboxylic acids is 1. The zero-order valence-corrected chi connectivity index (χ0v) is 23.3. The lowest BCUT2D eigenvalue weighted by Crippen LogP contribution is -2.30. The van der Waals surface area contributed by atoms with Crippen molar-refractivity contribution in [2.75, 3.05) is 16.4 Å². The van der Waals surface area contributed by atoms with Gasteiger partial charge in [-0.15, -0.1) is 11.8 Å². The fourth-order valence-corrected chi connectivity index (χ4v) is 4.62. The van der Waals surface area contributed by atoms with E-state index in [2.05, 4.69) is 16.0 Å². The first-order valence-corrected chi connectivity index (χ1v) is 13.8. The number of halogens is 2. The number of amides is 3. The molecule has 0 saturated heterocycles. The van der Waals surface area contributed by atoms with Gasteiger partial charge in [-0.25, -0.2) is 9.18 Å². The predicted molar refractivity (Wildman–Crippen MR) is 161 cm³/mol. The molecule has 0 radical (unpaired) electrons. The van der Waals surface area contributed by atoms with E-state index in [1.807, 2.05) is 0 Å². The van der Waals surface area contributed by atoms with Gasteiger partial charge in [0, 0.05) is 27.4 Å². The van der Waals surface area contributed by atoms with Gasteiger partial charge in [0.2, 0.25) is 5.91 Å². The van der Waals surface area contributed by atoms with Crippen LogP contribution in [0.15, 0.2) is 108 Å². The van der Waals surface area contributed by atoms with Crippen molar-refractivity contribution in [3.63, 3.8) is 0 Å². The summed E-state index contributed by atoms with van der Waals surface area (Å²) < 4.78 is 14.4. The van der Waals surface area contributed by atoms with Crippen LogP contribution in [0.1, 0.15) is 26.3 Å². The number of benzene rings is 4. The minimum Gasteiger partial charge on any atom is -0.478 e. The second-order valence-electron chi connectivity index (χ2n) is 8.72. The van der Waals surface area contributed by atoms with Gasteiger partial charge in [-0.2, -0.15) is 0 Å². The maximum absolute atomic E-state index is 14.4. The van der Waals surface area contributed by atoms with E-state index in [-0.39, 0.29) is 39.2 Å². The first-order chi connectivity index (χ1) is 20.2. The molecule has 11 heteroatoms. The van der Waals surface area contributed by atoms with Crippen molar-refractivity contribution in [1.29, 1.82) is 0 Å². The summed E-state index contributed by atoms with van der Waals surface area (Å²) >= 11 is 7.05. The number of carbonyl (C=O) groups excluding carboxylic acids is 3. The van der Waals surface area contributed by atoms with Crippen LogP contribution in [0.4, 0.5) is 15.8 Å². The number of carboxylic acid groups (broad SMARTS) is 1. The van der Waals surface area contributed by atoms with Gasteiger partial charge < -0.3 is 21.1 Å². The molecule has 0 saturated carbocycles. The molecular weight excluding hydrogens is 581 g/mol. The molecule has 42 heavy (non-hydrogen) atoms. The molecule has 4 N–H and O–H groups in total. The van der Waals surface area contributed by atoms with E-state index in [1.54, 1.807) is 60.7 Å². The third-order valence-corrected chi connectivity index (χ3v) is 7.00. The second kappa shape index (κ2) is 14.1. The third kappa shape index (κ3) is 8.29. The standard InChI is InChI=1S/C31H23ClFN3O5S/c32-25-14-13-22(17-24(25)31(40)41)34-28(37)18-42-23-11-6-10-21(16-23)35-30(39)27(15-20-9-4-5-12-26(20)33)36-29(38)19-7-2-1-3-8-19/h1-17H,18H2,(H,34,37)(H,35,39)(H,36,38)(H,40,41)/b27-15-. The summed E-state index contributed by atoms with van der Waals surface area (Å²) in [6.45, 7) is 0. The van der Waals surface area contributed by atoms with Crippen molar-refractivity contribution >= 4 is 64.5 Å². The Labute approximate surface area is 249 Å². The molecule has 0 atom stereocenters. The molecule has 0 aromatic heterocycles. The van der Waals surface area contributed by atoms with Crippen LogP contribution in [-0.2, 0) is 9.59 Å². The number of thioether (sulfide) groups is 1. The molecule has 0 spiro atoms. The molecule has 0 aliphatic rings. The molecule has 0 bridgehead atoms. The summed E-state index contributed by atoms with van der Waals surface area (Å²) in [6, 6.07) is 25.0. The maximum atomic E-state index is 14.4. The summed E-state index contributed by atoms with van der Waals surface area (Å²) in [5.41, 5.74) is 0.795. The number of aromatic carboxylic acids is 1. The highest BCUT2D eigenvalue weighted by Gasteiger charge is 2.17. The van der Waals surface area contributed by atoms with Crippen LogP contribution in [-0.4, -0.2) is 34.6 Å². The Balaban J connectivity index is 1.44. The lowest BCUT2D eigenvalue weighted by molar-refractivity contribution is -0.114. The minimum absolute atomic E-state index is 0.00595. The Kier molecular flexibility index (Phi) is 10.1. The fraction of sp³-hybridized carbons (Fsp3) is 0.0323. The van der Waals surface area contributed by atoms with E-state index in [9.17, 15) is 28.7 Å². The van der Waals surface area contributed by atoms with Crippen molar-refractivity contribution in [2.45, 2.75) is 4.90 Å². The number of anilines is 2. The van der Waals surface area contributed by atoms with Crippen LogP contribution in [0, 0.1) is 5.82 Å². The number of hydrogen-bond acceptors (Lipinski definition) is 5. The van der Waals surface area contributed by atoms with Crippen LogP contribution < -0.4 is 16.0 Å². The normalized spacial score (nSPS) is 11.0. The molecule has 4 rings (SSSR count). The number of rotatable bonds is 10. The number of hydrogen-bond donors (Lipinski definition) is 4. The molecule has 0 heterocycles. The summed E-state index contributed by atoms with van der Waals surface area (Å²) in [5.74, 6) is -3.39. The van der Waals surface area contributed by atoms with Crippen LogP contribution >= 0.6 is 23.4 Å². The average molecular weight is 604 g/mol. The molecule has 3 amide bonds. The Hall–Kier alpha value is -4.93. The van der Waals surface area contributed by atoms with Crippen LogP contribution in [0.25, 0.3) is 6.08 Å². The van der Waals surface area contributed by atoms with Crippen LogP contribution in [0.2, 0.25) is 5.02 Å². The largest absolute Gasteiger partial charge is 0.478 e. The molecule has 0 aliphatic heterocycles. The first-order valence-electron chi connectivity index (χ1n) is 12.4. The van der Waals surface area contributed by atoms with Gasteiger partial charge in [-0.1, -0.05) is 54.1 Å². The van der Waals surface area contributed by atoms with E-state index in [0.29, 0.717) is 16.1 Å². The number of nitrogens with one attached hydrogen (secondary N) is 3. The topological polar surface area (TPSA) is 125 Å². The molecule has 0 unspecified atom stereocenters. The van der Waals surface area contributed by atoms with Gasteiger partial charge in [0.15, 0.2) is 0 Å². The summed E-state index contributed by atoms with van der Waals surface area (Å²) in [6.07, 6.45) is 1.25. The van der Waals surface area contributed by atoms with Crippen LogP contribution in [0.3, 0.4) is 0 Å². The molecule has 0 aliphatic carbocycles. The molecule has 0 fully saturated rings. The molecule has 4 aromatic rings. The van der Waals surface area contributed by atoms with E-state index >= 15 is 0 Å². The highest BCUT2D eigenvalue weighted by atomic mass is 35.5. The highest BCUT2D eigenvalue weighted by molar-refractivity contribution is 8.00. The zero-order valence-electron chi connectivity index (χ0n) is 21.8. The minimum atomic E-state index is -1.21. The quantitative estimate of drug-likeness (QED) is 0.124. The fourth-order valence-electron chi connectivity index (χ4n) is 3.67. The van der Waals surface area contributed by atoms with Crippen molar-refractivity contribution in [1.82, 2.24) is 5.32 Å². The average Bonchev–Trinajstić information content (AvgIpc) is 2.98. The van der Waals surface area contributed by atoms with Crippen molar-refractivity contribution in [3.8, 4) is 0 Å². The Morgan fingerprint density at radius 1 is 0.833 bits per heavy atom. The van der Waals surface area contributed by atoms with Crippen molar-refractivity contribution in [3.05, 3.63) is 130 Å². The first kappa shape index (κ1) is 30.0. The van der Waals surface area contributed by atoms with E-state index in [4.69, 9.17) is 11.6 Å². The third-order valence-electron chi connectivity index (χ3n) is 5.68. The number of carbonyl (C=O) groups is 4. The van der Waals surface area contributed by atoms with Crippen LogP contribution in [0.5, 0.6) is 0 Å². The van der Waals surface area contributed by atoms with Gasteiger partial charge in [-0.05, 0) is 60.7 Å². The van der Waals surface area contributed by atoms with Gasteiger partial charge in [-0.3, -0.25) is 14.4 Å². The Bertz CT molecular complexity index is 1680. The zero-order chi connectivity index (χ0) is 30.1. The molecular formula is C31H23ClFN3O5S. The monoisotopic (exact) mass is 603 g/mol. The van der Waals surface area contributed by atoms with Gasteiger partial charge in [0.1, 0.15) is 11.5 Å². The predicted octanol–water partition coefficient (Wildman–Crippen LogP) is 6.32. The highest BCUT2D eigenvalue weighted by Crippen LogP contribution is 2.24. The molecule has 4 aromatic carbocycles. The summed E-state index contributed by atoms with van der Waals surface area (Å²) in [5, 5.41) is 17.2. The van der Waals surface area contributed by atoms with Gasteiger partial charge in [0.25, 0.3) is 11.8 Å². The molecule has 212 valence electrons. The lowest BCUT2D eigenvalue weighted by atomic mass is 10.1. The van der Waals surface area contributed by atoms with E-state index < -0.39 is 23.6 Å². The summed E-state index contributed by atoms with van der Waals surface area (Å²) in [7, 11) is 0. The Morgan fingerprint density at radius 2 is 1.55 bits per heavy atom. The van der Waals surface area contributed by atoms with E-state index in [0.717, 1.165) is 0 Å². The maximum Gasteiger partial charge on any atom is 0.337 e. The second-order valence-corrected chi connectivity index (χ2v) is 10.2. The van der Waals surface area contributed by atoms with Gasteiger partial charge in [0.05, 0.1) is 16.3 Å². The lowest BCUT2D eigenvalue weighted by Gasteiger charge is -2.12. The molecule has 8 nitrogen and oxygen atoms in total. The van der Waals surface area contributed by atoms with Gasteiger partial charge >= 0.3 is 5.97 Å². The van der Waals surface area contributed by atoms with E-state index in [1.165, 1.54) is 54.2 Å². The van der Waals surface area contributed by atoms with Crippen molar-refractivity contribution in [2.24, 2.45) is 0 Å². The van der Waals surface area contributed by atoms with Crippen molar-refractivity contribution < 1.29 is 28.7 Å². The SMILES string of the molecule is O=C(CSc1cccc(NC(=O)/C(=C/c2ccccc2F)NC(=O)c2ccccc2)c1)Nc1ccc(Cl)c(C(=O)O)c1.